The third-order valence-corrected chi connectivity index (χ3v) is 5.86. The van der Waals surface area contributed by atoms with E-state index >= 15 is 0 Å². The Bertz CT molecular complexity index is 1090. The third-order valence-electron chi connectivity index (χ3n) is 5.63. The van der Waals surface area contributed by atoms with Crippen LogP contribution in [-0.4, -0.2) is 17.8 Å². The standard InChI is InChI=1S/C24H21ClN2O2/c1-15-5-3-4-6-19(15)24-27-22(20-13-17(25)9-12-23(20)29-24)14-21(26-27)16-7-10-18(28-2)11-8-16/h3-13,22,24H,14H2,1-2H3/t22-,24+/m1/s1. The van der Waals surface area contributed by atoms with Crippen molar-refractivity contribution in [2.75, 3.05) is 7.11 Å². The van der Waals surface area contributed by atoms with E-state index in [4.69, 9.17) is 26.2 Å². The van der Waals surface area contributed by atoms with Gasteiger partial charge in [0.2, 0.25) is 6.23 Å². The lowest BCUT2D eigenvalue weighted by molar-refractivity contribution is -0.0194. The molecule has 4 nitrogen and oxygen atoms in total. The predicted molar refractivity (Wildman–Crippen MR) is 115 cm³/mol. The van der Waals surface area contributed by atoms with Crippen molar-refractivity contribution in [3.63, 3.8) is 0 Å². The topological polar surface area (TPSA) is 34.1 Å². The van der Waals surface area contributed by atoms with Crippen LogP contribution in [0.3, 0.4) is 0 Å². The van der Waals surface area contributed by atoms with Crippen LogP contribution in [0.5, 0.6) is 11.5 Å². The van der Waals surface area contributed by atoms with E-state index in [-0.39, 0.29) is 12.3 Å². The van der Waals surface area contributed by atoms with E-state index in [1.807, 2.05) is 42.5 Å². The van der Waals surface area contributed by atoms with Crippen LogP contribution in [0.15, 0.2) is 71.8 Å². The second kappa shape index (κ2) is 7.12. The quantitative estimate of drug-likeness (QED) is 0.545. The van der Waals surface area contributed by atoms with Crippen molar-refractivity contribution in [1.29, 1.82) is 0 Å². The average Bonchev–Trinajstić information content (AvgIpc) is 3.20. The molecule has 5 rings (SSSR count). The van der Waals surface area contributed by atoms with Crippen LogP contribution in [0, 0.1) is 6.92 Å². The van der Waals surface area contributed by atoms with Gasteiger partial charge in [0.05, 0.1) is 18.9 Å². The molecule has 2 atom stereocenters. The molecule has 146 valence electrons. The first-order valence-corrected chi connectivity index (χ1v) is 10.0. The summed E-state index contributed by atoms with van der Waals surface area (Å²) in [5.41, 5.74) is 5.51. The number of hydrogen-bond donors (Lipinski definition) is 0. The number of nitrogens with zero attached hydrogens (tertiary/aromatic N) is 2. The van der Waals surface area contributed by atoms with Gasteiger partial charge in [0, 0.05) is 22.6 Å². The first kappa shape index (κ1) is 18.1. The van der Waals surface area contributed by atoms with Gasteiger partial charge in [-0.2, -0.15) is 5.10 Å². The van der Waals surface area contributed by atoms with Crippen molar-refractivity contribution in [3.05, 3.63) is 94.0 Å². The lowest BCUT2D eigenvalue weighted by atomic mass is 9.95. The van der Waals surface area contributed by atoms with Crippen molar-refractivity contribution in [2.45, 2.75) is 25.6 Å². The zero-order valence-corrected chi connectivity index (χ0v) is 17.1. The van der Waals surface area contributed by atoms with Crippen molar-refractivity contribution in [2.24, 2.45) is 5.10 Å². The summed E-state index contributed by atoms with van der Waals surface area (Å²) in [5.74, 6) is 1.71. The maximum absolute atomic E-state index is 6.43. The number of ether oxygens (including phenoxy) is 2. The molecule has 5 heteroatoms. The van der Waals surface area contributed by atoms with Crippen LogP contribution >= 0.6 is 11.6 Å². The molecule has 0 saturated carbocycles. The number of aryl methyl sites for hydroxylation is 1. The molecule has 3 aromatic rings. The Morgan fingerprint density at radius 2 is 1.83 bits per heavy atom. The van der Waals surface area contributed by atoms with E-state index in [0.29, 0.717) is 5.02 Å². The number of halogens is 1. The summed E-state index contributed by atoms with van der Waals surface area (Å²) in [6.07, 6.45) is 0.524. The minimum absolute atomic E-state index is 0.0826. The second-order valence-electron chi connectivity index (χ2n) is 7.38. The molecule has 0 spiro atoms. The summed E-state index contributed by atoms with van der Waals surface area (Å²) in [5, 5.41) is 7.80. The van der Waals surface area contributed by atoms with Gasteiger partial charge in [-0.15, -0.1) is 0 Å². The zero-order chi connectivity index (χ0) is 20.0. The molecule has 2 aliphatic rings. The normalized spacial score (nSPS) is 19.8. The fourth-order valence-electron chi connectivity index (χ4n) is 4.09. The first-order chi connectivity index (χ1) is 14.1. The molecule has 0 aromatic heterocycles. The maximum Gasteiger partial charge on any atom is 0.214 e. The molecule has 0 aliphatic carbocycles. The molecule has 2 heterocycles. The highest BCUT2D eigenvalue weighted by Gasteiger charge is 2.41. The van der Waals surface area contributed by atoms with Crippen molar-refractivity contribution in [3.8, 4) is 11.5 Å². The van der Waals surface area contributed by atoms with Crippen molar-refractivity contribution in [1.82, 2.24) is 5.01 Å². The predicted octanol–water partition coefficient (Wildman–Crippen LogP) is 5.90. The third kappa shape index (κ3) is 3.14. The molecule has 0 N–H and O–H groups in total. The molecule has 29 heavy (non-hydrogen) atoms. The molecular formula is C24H21ClN2O2. The minimum atomic E-state index is -0.273. The highest BCUT2D eigenvalue weighted by molar-refractivity contribution is 6.30. The number of methoxy groups -OCH3 is 1. The zero-order valence-electron chi connectivity index (χ0n) is 16.3. The van der Waals surface area contributed by atoms with Crippen LogP contribution in [0.4, 0.5) is 0 Å². The Morgan fingerprint density at radius 1 is 1.03 bits per heavy atom. The van der Waals surface area contributed by atoms with E-state index in [0.717, 1.165) is 40.3 Å². The lowest BCUT2D eigenvalue weighted by Gasteiger charge is -2.38. The molecule has 0 fully saturated rings. The van der Waals surface area contributed by atoms with Crippen LogP contribution < -0.4 is 9.47 Å². The highest BCUT2D eigenvalue weighted by Crippen LogP contribution is 2.48. The largest absolute Gasteiger partial charge is 0.497 e. The SMILES string of the molecule is COc1ccc(C2=NN3[C@H](C2)c2cc(Cl)ccc2O[C@H]3c2ccccc2C)cc1. The van der Waals surface area contributed by atoms with Gasteiger partial charge < -0.3 is 9.47 Å². The number of rotatable bonds is 3. The fourth-order valence-corrected chi connectivity index (χ4v) is 4.27. The fraction of sp³-hybridized carbons (Fsp3) is 0.208. The highest BCUT2D eigenvalue weighted by atomic mass is 35.5. The van der Waals surface area contributed by atoms with Crippen LogP contribution in [0.1, 0.15) is 40.9 Å². The average molecular weight is 405 g/mol. The Morgan fingerprint density at radius 3 is 2.59 bits per heavy atom. The van der Waals surface area contributed by atoms with Gasteiger partial charge in [-0.05, 0) is 60.5 Å². The summed E-state index contributed by atoms with van der Waals surface area (Å²) in [7, 11) is 1.67. The molecule has 0 saturated heterocycles. The Kier molecular flexibility index (Phi) is 4.44. The van der Waals surface area contributed by atoms with Gasteiger partial charge >= 0.3 is 0 Å². The second-order valence-corrected chi connectivity index (χ2v) is 7.82. The van der Waals surface area contributed by atoms with Gasteiger partial charge in [-0.3, -0.25) is 0 Å². The monoisotopic (exact) mass is 404 g/mol. The molecule has 3 aromatic carbocycles. The Hall–Kier alpha value is -2.98. The van der Waals surface area contributed by atoms with Gasteiger partial charge in [-0.25, -0.2) is 5.01 Å². The van der Waals surface area contributed by atoms with Crippen LogP contribution in [0.25, 0.3) is 0 Å². The van der Waals surface area contributed by atoms with E-state index < -0.39 is 0 Å². The summed E-state index contributed by atoms with van der Waals surface area (Å²) < 4.78 is 11.7. The Balaban J connectivity index is 1.59. The van der Waals surface area contributed by atoms with Gasteiger partial charge in [0.1, 0.15) is 11.5 Å². The molecule has 0 unspecified atom stereocenters. The van der Waals surface area contributed by atoms with Crippen LogP contribution in [-0.2, 0) is 0 Å². The van der Waals surface area contributed by atoms with Gasteiger partial charge in [0.25, 0.3) is 0 Å². The molecule has 0 radical (unpaired) electrons. The number of benzene rings is 3. The minimum Gasteiger partial charge on any atom is -0.497 e. The van der Waals surface area contributed by atoms with E-state index in [1.54, 1.807) is 7.11 Å². The molecule has 2 aliphatic heterocycles. The van der Waals surface area contributed by atoms with Crippen molar-refractivity contribution < 1.29 is 9.47 Å². The lowest BCUT2D eigenvalue weighted by Crippen LogP contribution is -2.34. The maximum atomic E-state index is 6.43. The van der Waals surface area contributed by atoms with E-state index in [1.165, 1.54) is 5.56 Å². The van der Waals surface area contributed by atoms with E-state index in [9.17, 15) is 0 Å². The van der Waals surface area contributed by atoms with Gasteiger partial charge in [-0.1, -0.05) is 35.9 Å². The molecule has 0 amide bonds. The summed E-state index contributed by atoms with van der Waals surface area (Å²) in [6.45, 7) is 2.11. The first-order valence-electron chi connectivity index (χ1n) is 9.66. The molecular weight excluding hydrogens is 384 g/mol. The summed E-state index contributed by atoms with van der Waals surface area (Å²) >= 11 is 6.31. The summed E-state index contributed by atoms with van der Waals surface area (Å²) in [6, 6.07) is 22.3. The summed E-state index contributed by atoms with van der Waals surface area (Å²) in [4.78, 5) is 0. The number of fused-ring (bicyclic) bond motifs is 3. The molecule has 0 bridgehead atoms. The smallest absolute Gasteiger partial charge is 0.214 e. The van der Waals surface area contributed by atoms with Crippen LogP contribution in [0.2, 0.25) is 5.02 Å². The van der Waals surface area contributed by atoms with Crippen molar-refractivity contribution >= 4 is 17.3 Å². The Labute approximate surface area is 175 Å². The number of hydrogen-bond acceptors (Lipinski definition) is 4. The number of hydrazone groups is 1. The van der Waals surface area contributed by atoms with E-state index in [2.05, 4.69) is 36.2 Å². The van der Waals surface area contributed by atoms with Gasteiger partial charge in [0.15, 0.2) is 0 Å².